The lowest BCUT2D eigenvalue weighted by Gasteiger charge is -2.20. The number of carbonyl (C=O) groups is 1. The number of nitrogens with zero attached hydrogens (tertiary/aromatic N) is 3. The van der Waals surface area contributed by atoms with E-state index in [1.807, 2.05) is 11.0 Å². The van der Waals surface area contributed by atoms with Gasteiger partial charge < -0.3 is 9.47 Å². The normalized spacial score (nSPS) is 16.9. The standard InChI is InChI=1S/C25H31N3O/c1-4-5-6-9-14-27-22-11-8-7-10-21(22)26-25(27)20-16-24(29)28(17-20)23-15-18(2)12-13-19(23)3/h7-8,10-13,15,20H,4-6,9,14,16-17H2,1-3H3. The Morgan fingerprint density at radius 3 is 2.72 bits per heavy atom. The van der Waals surface area contributed by atoms with E-state index < -0.39 is 0 Å². The van der Waals surface area contributed by atoms with Gasteiger partial charge in [0.05, 0.1) is 11.0 Å². The van der Waals surface area contributed by atoms with Gasteiger partial charge in [0.15, 0.2) is 0 Å². The lowest BCUT2D eigenvalue weighted by Crippen LogP contribution is -2.25. The van der Waals surface area contributed by atoms with Gasteiger partial charge in [-0.1, -0.05) is 50.5 Å². The molecule has 2 heterocycles. The summed E-state index contributed by atoms with van der Waals surface area (Å²) in [6, 6.07) is 14.7. The maximum atomic E-state index is 12.9. The van der Waals surface area contributed by atoms with Gasteiger partial charge in [0.1, 0.15) is 5.82 Å². The van der Waals surface area contributed by atoms with E-state index in [-0.39, 0.29) is 11.8 Å². The number of hydrogen-bond donors (Lipinski definition) is 0. The maximum absolute atomic E-state index is 12.9. The third kappa shape index (κ3) is 3.93. The zero-order chi connectivity index (χ0) is 20.4. The first-order valence-corrected chi connectivity index (χ1v) is 10.9. The topological polar surface area (TPSA) is 38.1 Å². The fourth-order valence-electron chi connectivity index (χ4n) is 4.46. The third-order valence-corrected chi connectivity index (χ3v) is 6.06. The molecule has 1 aliphatic heterocycles. The zero-order valence-corrected chi connectivity index (χ0v) is 17.8. The Morgan fingerprint density at radius 1 is 1.07 bits per heavy atom. The Kier molecular flexibility index (Phi) is 5.70. The van der Waals surface area contributed by atoms with E-state index >= 15 is 0 Å². The minimum atomic E-state index is 0.140. The third-order valence-electron chi connectivity index (χ3n) is 6.06. The van der Waals surface area contributed by atoms with Crippen molar-refractivity contribution >= 4 is 22.6 Å². The second-order valence-electron chi connectivity index (χ2n) is 8.37. The van der Waals surface area contributed by atoms with Gasteiger partial charge in [-0.25, -0.2) is 4.98 Å². The van der Waals surface area contributed by atoms with Crippen LogP contribution in [0.15, 0.2) is 42.5 Å². The summed E-state index contributed by atoms with van der Waals surface area (Å²) in [6.07, 6.45) is 5.43. The lowest BCUT2D eigenvalue weighted by atomic mass is 10.1. The summed E-state index contributed by atoms with van der Waals surface area (Å²) in [5.74, 6) is 1.41. The first-order valence-electron chi connectivity index (χ1n) is 10.9. The average Bonchev–Trinajstić information content (AvgIpc) is 3.28. The Labute approximate surface area is 173 Å². The van der Waals surface area contributed by atoms with Crippen molar-refractivity contribution in [3.8, 4) is 0 Å². The molecule has 1 amide bonds. The number of fused-ring (bicyclic) bond motifs is 1. The fourth-order valence-corrected chi connectivity index (χ4v) is 4.46. The SMILES string of the molecule is CCCCCCn1c(C2CC(=O)N(c3cc(C)ccc3C)C2)nc2ccccc21. The van der Waals surface area contributed by atoms with Crippen LogP contribution in [0.5, 0.6) is 0 Å². The molecule has 0 radical (unpaired) electrons. The van der Waals surface area contributed by atoms with Crippen LogP contribution in [0.25, 0.3) is 11.0 Å². The maximum Gasteiger partial charge on any atom is 0.227 e. The molecule has 1 fully saturated rings. The Hall–Kier alpha value is -2.62. The highest BCUT2D eigenvalue weighted by Crippen LogP contribution is 2.35. The largest absolute Gasteiger partial charge is 0.328 e. The van der Waals surface area contributed by atoms with E-state index in [9.17, 15) is 4.79 Å². The fraction of sp³-hybridized carbons (Fsp3) is 0.440. The highest BCUT2D eigenvalue weighted by atomic mass is 16.2. The molecule has 0 spiro atoms. The molecule has 152 valence electrons. The number of hydrogen-bond acceptors (Lipinski definition) is 2. The monoisotopic (exact) mass is 389 g/mol. The average molecular weight is 390 g/mol. The highest BCUT2D eigenvalue weighted by molar-refractivity contribution is 5.97. The van der Waals surface area contributed by atoms with Crippen LogP contribution in [0.1, 0.15) is 61.9 Å². The summed E-state index contributed by atoms with van der Waals surface area (Å²) in [5, 5.41) is 0. The van der Waals surface area contributed by atoms with E-state index in [0.717, 1.165) is 35.6 Å². The molecule has 1 saturated heterocycles. The highest BCUT2D eigenvalue weighted by Gasteiger charge is 2.35. The summed E-state index contributed by atoms with van der Waals surface area (Å²) in [5.41, 5.74) is 5.61. The summed E-state index contributed by atoms with van der Waals surface area (Å²) in [7, 11) is 0. The first-order chi connectivity index (χ1) is 14.1. The number of rotatable bonds is 7. The van der Waals surface area contributed by atoms with Crippen molar-refractivity contribution in [2.45, 2.75) is 65.3 Å². The quantitative estimate of drug-likeness (QED) is 0.482. The summed E-state index contributed by atoms with van der Waals surface area (Å²) >= 11 is 0. The van der Waals surface area contributed by atoms with Crippen LogP contribution in [0.4, 0.5) is 5.69 Å². The Balaban J connectivity index is 1.64. The van der Waals surface area contributed by atoms with Crippen molar-refractivity contribution in [3.63, 3.8) is 0 Å². The van der Waals surface area contributed by atoms with Crippen molar-refractivity contribution in [1.29, 1.82) is 0 Å². The number of aryl methyl sites for hydroxylation is 3. The summed E-state index contributed by atoms with van der Waals surface area (Å²) in [4.78, 5) is 19.9. The van der Waals surface area contributed by atoms with Crippen LogP contribution in [0.2, 0.25) is 0 Å². The van der Waals surface area contributed by atoms with Gasteiger partial charge in [-0.2, -0.15) is 0 Å². The molecular formula is C25H31N3O. The van der Waals surface area contributed by atoms with E-state index in [4.69, 9.17) is 4.98 Å². The number of aromatic nitrogens is 2. The molecule has 29 heavy (non-hydrogen) atoms. The number of carbonyl (C=O) groups excluding carboxylic acids is 1. The van der Waals surface area contributed by atoms with Crippen molar-refractivity contribution in [2.24, 2.45) is 0 Å². The van der Waals surface area contributed by atoms with Gasteiger partial charge in [0, 0.05) is 31.1 Å². The van der Waals surface area contributed by atoms with Crippen molar-refractivity contribution in [1.82, 2.24) is 9.55 Å². The van der Waals surface area contributed by atoms with Gasteiger partial charge in [0.25, 0.3) is 0 Å². The Bertz CT molecular complexity index is 1020. The molecule has 1 aromatic heterocycles. The molecule has 0 aliphatic carbocycles. The number of para-hydroxylation sites is 2. The molecule has 3 aromatic rings. The van der Waals surface area contributed by atoms with E-state index in [1.165, 1.54) is 30.3 Å². The van der Waals surface area contributed by atoms with Crippen LogP contribution in [-0.2, 0) is 11.3 Å². The van der Waals surface area contributed by atoms with Gasteiger partial charge in [-0.15, -0.1) is 0 Å². The molecular weight excluding hydrogens is 358 g/mol. The van der Waals surface area contributed by atoms with Gasteiger partial charge in [0.2, 0.25) is 5.91 Å². The molecule has 4 rings (SSSR count). The predicted molar refractivity (Wildman–Crippen MR) is 120 cm³/mol. The molecule has 1 aliphatic rings. The van der Waals surface area contributed by atoms with E-state index in [1.54, 1.807) is 0 Å². The smallest absolute Gasteiger partial charge is 0.227 e. The molecule has 1 unspecified atom stereocenters. The van der Waals surface area contributed by atoms with Gasteiger partial charge in [-0.3, -0.25) is 4.79 Å². The van der Waals surface area contributed by atoms with Crippen LogP contribution < -0.4 is 4.90 Å². The van der Waals surface area contributed by atoms with Crippen molar-refractivity contribution in [2.75, 3.05) is 11.4 Å². The van der Waals surface area contributed by atoms with Gasteiger partial charge >= 0.3 is 0 Å². The molecule has 4 heteroatoms. The molecule has 0 saturated carbocycles. The van der Waals surface area contributed by atoms with Crippen molar-refractivity contribution < 1.29 is 4.79 Å². The minimum absolute atomic E-state index is 0.140. The number of amides is 1. The van der Waals surface area contributed by atoms with Crippen LogP contribution in [0, 0.1) is 13.8 Å². The number of unbranched alkanes of at least 4 members (excludes halogenated alkanes) is 3. The second kappa shape index (κ2) is 8.40. The molecule has 1 atom stereocenters. The van der Waals surface area contributed by atoms with Crippen LogP contribution in [0.3, 0.4) is 0 Å². The zero-order valence-electron chi connectivity index (χ0n) is 17.8. The molecule has 0 N–H and O–H groups in total. The minimum Gasteiger partial charge on any atom is -0.328 e. The molecule has 0 bridgehead atoms. The summed E-state index contributed by atoms with van der Waals surface area (Å²) in [6.45, 7) is 8.09. The lowest BCUT2D eigenvalue weighted by molar-refractivity contribution is -0.117. The van der Waals surface area contributed by atoms with Crippen molar-refractivity contribution in [3.05, 3.63) is 59.4 Å². The van der Waals surface area contributed by atoms with E-state index in [0.29, 0.717) is 13.0 Å². The molecule has 4 nitrogen and oxygen atoms in total. The van der Waals surface area contributed by atoms with Gasteiger partial charge in [-0.05, 0) is 49.6 Å². The number of anilines is 1. The predicted octanol–water partition coefficient (Wildman–Crippen LogP) is 5.75. The Morgan fingerprint density at radius 2 is 1.90 bits per heavy atom. The van der Waals surface area contributed by atoms with Crippen LogP contribution >= 0.6 is 0 Å². The van der Waals surface area contributed by atoms with Crippen LogP contribution in [-0.4, -0.2) is 22.0 Å². The second-order valence-corrected chi connectivity index (χ2v) is 8.37. The summed E-state index contributed by atoms with van der Waals surface area (Å²) < 4.78 is 2.37. The first kappa shape index (κ1) is 19.7. The molecule has 2 aromatic carbocycles. The number of benzene rings is 2. The van der Waals surface area contributed by atoms with E-state index in [2.05, 4.69) is 61.7 Å². The number of imidazole rings is 1.